The average Bonchev–Trinajstić information content (AvgIpc) is 2.47. The summed E-state index contributed by atoms with van der Waals surface area (Å²) >= 11 is 0. The first kappa shape index (κ1) is 14.7. The Bertz CT molecular complexity index is 458. The maximum Gasteiger partial charge on any atom is 0.292 e. The van der Waals surface area contributed by atoms with Crippen LogP contribution in [0.3, 0.4) is 0 Å². The van der Waals surface area contributed by atoms with Gasteiger partial charge in [0.05, 0.1) is 12.0 Å². The molecule has 1 aromatic rings. The number of nitrogens with one attached hydrogen (secondary N) is 1. The number of hydrogen-bond acceptors (Lipinski definition) is 5. The van der Waals surface area contributed by atoms with Crippen molar-refractivity contribution in [3.8, 4) is 0 Å². The van der Waals surface area contributed by atoms with Crippen LogP contribution in [-0.2, 0) is 16.4 Å². The van der Waals surface area contributed by atoms with Crippen molar-refractivity contribution >= 4 is 11.4 Å². The highest BCUT2D eigenvalue weighted by Crippen LogP contribution is 2.29. The minimum absolute atomic E-state index is 0.0905. The van der Waals surface area contributed by atoms with Crippen LogP contribution in [0.4, 0.5) is 11.4 Å². The Labute approximate surface area is 118 Å². The standard InChI is InChI=1S/C14H20N2O4/c1-19-20-10-11-7-8-13(14(9-11)16(17)18)15-12-5-3-2-4-6-12/h7-9,12,15H,2-6,10H2,1H3. The molecule has 0 bridgehead atoms. The summed E-state index contributed by atoms with van der Waals surface area (Å²) in [4.78, 5) is 20.1. The van der Waals surface area contributed by atoms with Gasteiger partial charge in [0.2, 0.25) is 0 Å². The SMILES string of the molecule is COOCc1ccc(NC2CCCCC2)c([N+](=O)[O-])c1. The lowest BCUT2D eigenvalue weighted by Gasteiger charge is -2.23. The van der Waals surface area contributed by atoms with Gasteiger partial charge in [-0.05, 0) is 24.5 Å². The van der Waals surface area contributed by atoms with E-state index in [4.69, 9.17) is 4.89 Å². The van der Waals surface area contributed by atoms with Crippen molar-refractivity contribution in [1.29, 1.82) is 0 Å². The molecule has 0 spiro atoms. The normalized spacial score (nSPS) is 16.1. The third-order valence-electron chi connectivity index (χ3n) is 3.57. The maximum absolute atomic E-state index is 11.2. The van der Waals surface area contributed by atoms with Crippen molar-refractivity contribution in [1.82, 2.24) is 0 Å². The lowest BCUT2D eigenvalue weighted by Crippen LogP contribution is -2.22. The van der Waals surface area contributed by atoms with E-state index >= 15 is 0 Å². The number of anilines is 1. The van der Waals surface area contributed by atoms with Crippen molar-refractivity contribution in [3.05, 3.63) is 33.9 Å². The fourth-order valence-corrected chi connectivity index (χ4v) is 2.53. The number of nitro groups is 1. The van der Waals surface area contributed by atoms with Crippen LogP contribution in [0, 0.1) is 10.1 Å². The zero-order valence-corrected chi connectivity index (χ0v) is 11.6. The van der Waals surface area contributed by atoms with Gasteiger partial charge in [0.1, 0.15) is 12.3 Å². The number of hydrogen-bond donors (Lipinski definition) is 1. The highest BCUT2D eigenvalue weighted by molar-refractivity contribution is 5.63. The van der Waals surface area contributed by atoms with Crippen molar-refractivity contribution in [3.63, 3.8) is 0 Å². The Morgan fingerprint density at radius 3 is 2.75 bits per heavy atom. The first-order chi connectivity index (χ1) is 9.70. The maximum atomic E-state index is 11.2. The zero-order valence-electron chi connectivity index (χ0n) is 11.6. The molecule has 0 aliphatic heterocycles. The first-order valence-electron chi connectivity index (χ1n) is 6.90. The molecule has 20 heavy (non-hydrogen) atoms. The predicted molar refractivity (Wildman–Crippen MR) is 75.4 cm³/mol. The molecule has 6 nitrogen and oxygen atoms in total. The monoisotopic (exact) mass is 280 g/mol. The third kappa shape index (κ3) is 3.91. The summed E-state index contributed by atoms with van der Waals surface area (Å²) in [5.41, 5.74) is 1.39. The second kappa shape index (κ2) is 7.21. The molecule has 0 atom stereocenters. The average molecular weight is 280 g/mol. The molecule has 0 radical (unpaired) electrons. The lowest BCUT2D eigenvalue weighted by atomic mass is 9.95. The minimum atomic E-state index is -0.360. The second-order valence-electron chi connectivity index (χ2n) is 5.02. The van der Waals surface area contributed by atoms with Crippen LogP contribution in [0.25, 0.3) is 0 Å². The molecule has 1 saturated carbocycles. The zero-order chi connectivity index (χ0) is 14.4. The van der Waals surface area contributed by atoms with E-state index in [0.29, 0.717) is 17.3 Å². The van der Waals surface area contributed by atoms with E-state index in [1.165, 1.54) is 32.4 Å². The van der Waals surface area contributed by atoms with E-state index in [-0.39, 0.29) is 17.2 Å². The molecule has 1 fully saturated rings. The Morgan fingerprint density at radius 1 is 1.35 bits per heavy atom. The first-order valence-corrected chi connectivity index (χ1v) is 6.90. The summed E-state index contributed by atoms with van der Waals surface area (Å²) in [6.07, 6.45) is 5.78. The van der Waals surface area contributed by atoms with E-state index in [1.54, 1.807) is 6.07 Å². The molecule has 1 aliphatic rings. The smallest absolute Gasteiger partial charge is 0.292 e. The minimum Gasteiger partial charge on any atom is -0.377 e. The van der Waals surface area contributed by atoms with Gasteiger partial charge >= 0.3 is 0 Å². The number of nitro benzene ring substituents is 1. The summed E-state index contributed by atoms with van der Waals surface area (Å²) in [6, 6.07) is 5.44. The number of nitrogens with zero attached hydrogens (tertiary/aromatic N) is 1. The van der Waals surface area contributed by atoms with E-state index in [2.05, 4.69) is 10.2 Å². The molecular formula is C14H20N2O4. The Kier molecular flexibility index (Phi) is 5.31. The Balaban J connectivity index is 2.12. The van der Waals surface area contributed by atoms with E-state index < -0.39 is 0 Å². The van der Waals surface area contributed by atoms with Crippen molar-refractivity contribution in [2.75, 3.05) is 12.4 Å². The fraction of sp³-hybridized carbons (Fsp3) is 0.571. The van der Waals surface area contributed by atoms with Gasteiger partial charge < -0.3 is 5.32 Å². The van der Waals surface area contributed by atoms with Gasteiger partial charge in [0.25, 0.3) is 5.69 Å². The van der Waals surface area contributed by atoms with Crippen molar-refractivity contribution in [2.24, 2.45) is 0 Å². The molecule has 0 aromatic heterocycles. The molecule has 0 unspecified atom stereocenters. The number of benzene rings is 1. The van der Waals surface area contributed by atoms with Crippen molar-refractivity contribution in [2.45, 2.75) is 44.8 Å². The fourth-order valence-electron chi connectivity index (χ4n) is 2.53. The van der Waals surface area contributed by atoms with E-state index in [0.717, 1.165) is 12.8 Å². The van der Waals surface area contributed by atoms with Gasteiger partial charge in [-0.3, -0.25) is 10.1 Å². The van der Waals surface area contributed by atoms with Crippen molar-refractivity contribution < 1.29 is 14.7 Å². The summed E-state index contributed by atoms with van der Waals surface area (Å²) in [5, 5.41) is 14.5. The van der Waals surface area contributed by atoms with Gasteiger partial charge in [-0.1, -0.05) is 25.3 Å². The van der Waals surface area contributed by atoms with Crippen LogP contribution in [0.5, 0.6) is 0 Å². The highest BCUT2D eigenvalue weighted by Gasteiger charge is 2.19. The molecule has 110 valence electrons. The highest BCUT2D eigenvalue weighted by atomic mass is 17.2. The second-order valence-corrected chi connectivity index (χ2v) is 5.02. The lowest BCUT2D eigenvalue weighted by molar-refractivity contribution is -0.384. The number of rotatable bonds is 6. The van der Waals surface area contributed by atoms with Crippen LogP contribution in [0.2, 0.25) is 0 Å². The topological polar surface area (TPSA) is 73.6 Å². The molecule has 1 aliphatic carbocycles. The molecule has 0 saturated heterocycles. The van der Waals surface area contributed by atoms with Crippen LogP contribution in [0.15, 0.2) is 18.2 Å². The van der Waals surface area contributed by atoms with Crippen LogP contribution >= 0.6 is 0 Å². The van der Waals surface area contributed by atoms with Gasteiger partial charge in [-0.25, -0.2) is 9.78 Å². The quantitative estimate of drug-likeness (QED) is 0.491. The summed E-state index contributed by atoms with van der Waals surface area (Å²) in [7, 11) is 1.41. The largest absolute Gasteiger partial charge is 0.377 e. The predicted octanol–water partition coefficient (Wildman–Crippen LogP) is 3.42. The molecule has 6 heteroatoms. The third-order valence-corrected chi connectivity index (χ3v) is 3.57. The summed E-state index contributed by atoms with van der Waals surface area (Å²) in [6.45, 7) is 0.195. The Morgan fingerprint density at radius 2 is 2.10 bits per heavy atom. The molecule has 2 rings (SSSR count). The van der Waals surface area contributed by atoms with Crippen LogP contribution < -0.4 is 5.32 Å². The van der Waals surface area contributed by atoms with E-state index in [1.807, 2.05) is 6.07 Å². The summed E-state index contributed by atoms with van der Waals surface area (Å²) in [5.74, 6) is 0. The van der Waals surface area contributed by atoms with Gasteiger partial charge in [0, 0.05) is 12.1 Å². The van der Waals surface area contributed by atoms with Crippen LogP contribution in [-0.4, -0.2) is 18.1 Å². The van der Waals surface area contributed by atoms with Crippen LogP contribution in [0.1, 0.15) is 37.7 Å². The molecule has 0 heterocycles. The van der Waals surface area contributed by atoms with Gasteiger partial charge in [-0.15, -0.1) is 0 Å². The molecule has 1 aromatic carbocycles. The van der Waals surface area contributed by atoms with Gasteiger partial charge in [-0.2, -0.15) is 0 Å². The van der Waals surface area contributed by atoms with Gasteiger partial charge in [0.15, 0.2) is 0 Å². The molecule has 0 amide bonds. The Hall–Kier alpha value is -1.66. The molecular weight excluding hydrogens is 260 g/mol. The van der Waals surface area contributed by atoms with E-state index in [9.17, 15) is 10.1 Å². The molecule has 1 N–H and O–H groups in total. The summed E-state index contributed by atoms with van der Waals surface area (Å²) < 4.78 is 0.